The largest absolute Gasteiger partial charge is 0.534 e. The minimum atomic E-state index is -6.46. The number of carboxylic acids is 1. The van der Waals surface area contributed by atoms with Gasteiger partial charge in [0.2, 0.25) is 17.1 Å². The lowest BCUT2D eigenvalue weighted by Crippen LogP contribution is -2.73. The van der Waals surface area contributed by atoms with Crippen molar-refractivity contribution in [1.29, 1.82) is 0 Å². The minimum Gasteiger partial charge on any atom is -0.476 e. The fourth-order valence-electron chi connectivity index (χ4n) is 8.14. The van der Waals surface area contributed by atoms with Crippen LogP contribution in [0.15, 0.2) is 168 Å². The third-order valence-corrected chi connectivity index (χ3v) is 12.4. The first-order valence-corrected chi connectivity index (χ1v) is 21.6. The number of rotatable bonds is 14. The number of oxime groups is 1. The molecule has 0 radical (unpaired) electrons. The number of anilines is 1. The molecule has 19 heteroatoms. The van der Waals surface area contributed by atoms with E-state index >= 15 is 0 Å². The van der Waals surface area contributed by atoms with E-state index in [4.69, 9.17) is 14.8 Å². The Morgan fingerprint density at radius 2 is 1.28 bits per heavy atom. The quantitative estimate of drug-likeness (QED) is 0.0267. The number of aromatic nitrogens is 2. The van der Waals surface area contributed by atoms with Crippen molar-refractivity contribution < 1.29 is 50.1 Å². The molecule has 0 saturated carbocycles. The molecule has 1 unspecified atom stereocenters. The van der Waals surface area contributed by atoms with Crippen LogP contribution in [-0.2, 0) is 39.1 Å². The van der Waals surface area contributed by atoms with Gasteiger partial charge in [0.15, 0.2) is 16.6 Å². The number of allylic oxidation sites excluding steroid dienone is 1. The molecule has 2 aliphatic heterocycles. The molecule has 4 N–H and O–H groups in total. The van der Waals surface area contributed by atoms with Gasteiger partial charge in [-0.15, -0.1) is 0 Å². The average molecular weight is 909 g/mol. The fourth-order valence-corrected chi connectivity index (χ4v) is 9.11. The maximum absolute atomic E-state index is 14.6. The summed E-state index contributed by atoms with van der Waals surface area (Å²) in [5.41, 5.74) is -0.380. The van der Waals surface area contributed by atoms with E-state index in [9.17, 15) is 41.1 Å². The smallest absolute Gasteiger partial charge is 0.476 e. The monoisotopic (exact) mass is 908 g/mol. The van der Waals surface area contributed by atoms with Gasteiger partial charge in [-0.1, -0.05) is 157 Å². The Morgan fingerprint density at radius 3 is 1.70 bits per heavy atom. The van der Waals surface area contributed by atoms with Gasteiger partial charge in [-0.2, -0.15) is 30.9 Å². The van der Waals surface area contributed by atoms with Crippen LogP contribution in [0.3, 0.4) is 0 Å². The summed E-state index contributed by atoms with van der Waals surface area (Å²) in [6.07, 6.45) is -0.380. The molecule has 3 atom stereocenters. The van der Waals surface area contributed by atoms with E-state index < -0.39 is 80.1 Å². The minimum absolute atomic E-state index is 0.0394. The SMILES string of the molecule is Nc1nc(C(=NOC(c2ccccc2)(c2ccccc2)c2ccccc2)C(=O)N[C@@H]2C(=O)N3C(C(=O)O)=C(OS(=O)(=O)C(F)(F)F)C(C(c4ccccc4)c4ccccc4)C[C@H]23)ns1. The molecule has 2 aliphatic rings. The predicted octanol–water partition coefficient (Wildman–Crippen LogP) is 6.54. The van der Waals surface area contributed by atoms with E-state index in [0.717, 1.165) is 11.5 Å². The topological polar surface area (TPSA) is 203 Å². The van der Waals surface area contributed by atoms with Gasteiger partial charge < -0.3 is 25.2 Å². The number of nitrogens with zero attached hydrogens (tertiary/aromatic N) is 4. The first kappa shape index (κ1) is 43.3. The Labute approximate surface area is 367 Å². The molecule has 8 rings (SSSR count). The number of fused-ring (bicyclic) bond motifs is 1. The highest BCUT2D eigenvalue weighted by atomic mass is 32.2. The molecule has 6 aromatic rings. The second-order valence-electron chi connectivity index (χ2n) is 14.6. The number of carbonyl (C=O) groups is 3. The van der Waals surface area contributed by atoms with E-state index in [0.29, 0.717) is 32.7 Å². The molecule has 1 aromatic heterocycles. The highest BCUT2D eigenvalue weighted by Gasteiger charge is 2.60. The Kier molecular flexibility index (Phi) is 11.8. The number of β-lactam (4-membered cyclic amide) rings is 1. The Bertz CT molecular complexity index is 2720. The van der Waals surface area contributed by atoms with Gasteiger partial charge in [-0.05, 0) is 17.5 Å². The number of aliphatic carboxylic acids is 1. The molecule has 5 aromatic carbocycles. The zero-order valence-electron chi connectivity index (χ0n) is 33.1. The third kappa shape index (κ3) is 8.06. The van der Waals surface area contributed by atoms with Crippen LogP contribution in [0.1, 0.15) is 46.0 Å². The van der Waals surface area contributed by atoms with Crippen molar-refractivity contribution in [3.8, 4) is 0 Å². The number of nitrogens with two attached hydrogens (primary N) is 1. The first-order chi connectivity index (χ1) is 30.7. The molecular weight excluding hydrogens is 874 g/mol. The Balaban J connectivity index is 1.22. The number of nitrogens with one attached hydrogen (secondary N) is 1. The Hall–Kier alpha value is -7.38. The van der Waals surface area contributed by atoms with Crippen LogP contribution in [0.25, 0.3) is 0 Å². The van der Waals surface area contributed by atoms with Crippen molar-refractivity contribution in [2.45, 2.75) is 35.5 Å². The van der Waals surface area contributed by atoms with Crippen LogP contribution in [0.5, 0.6) is 0 Å². The maximum atomic E-state index is 14.6. The lowest BCUT2D eigenvalue weighted by molar-refractivity contribution is -0.157. The molecular formula is C45H35F3N6O8S2. The van der Waals surface area contributed by atoms with Gasteiger partial charge >= 0.3 is 21.6 Å². The summed E-state index contributed by atoms with van der Waals surface area (Å²) >= 11 is 0.750. The van der Waals surface area contributed by atoms with Crippen LogP contribution in [0.2, 0.25) is 0 Å². The zero-order chi connectivity index (χ0) is 45.2. The molecule has 0 aliphatic carbocycles. The van der Waals surface area contributed by atoms with Crippen molar-refractivity contribution in [3.63, 3.8) is 0 Å². The average Bonchev–Trinajstić information content (AvgIpc) is 3.73. The number of benzene rings is 5. The van der Waals surface area contributed by atoms with Crippen molar-refractivity contribution in [2.75, 3.05) is 5.73 Å². The summed E-state index contributed by atoms with van der Waals surface area (Å²) in [7, 11) is -6.46. The van der Waals surface area contributed by atoms with Crippen LogP contribution >= 0.6 is 11.5 Å². The number of amides is 2. The van der Waals surface area contributed by atoms with E-state index in [1.165, 1.54) is 0 Å². The van der Waals surface area contributed by atoms with E-state index in [2.05, 4.69) is 19.8 Å². The van der Waals surface area contributed by atoms with Crippen LogP contribution in [0, 0.1) is 5.92 Å². The second-order valence-corrected chi connectivity index (χ2v) is 17.0. The molecule has 326 valence electrons. The lowest BCUT2D eigenvalue weighted by Gasteiger charge is -2.52. The van der Waals surface area contributed by atoms with Crippen LogP contribution in [0.4, 0.5) is 18.3 Å². The predicted molar refractivity (Wildman–Crippen MR) is 227 cm³/mol. The van der Waals surface area contributed by atoms with Crippen LogP contribution < -0.4 is 11.1 Å². The van der Waals surface area contributed by atoms with Crippen molar-refractivity contribution in [3.05, 3.63) is 197 Å². The summed E-state index contributed by atoms with van der Waals surface area (Å²) in [4.78, 5) is 53.1. The molecule has 1 saturated heterocycles. The summed E-state index contributed by atoms with van der Waals surface area (Å²) in [5, 5.41) is 17.5. The second kappa shape index (κ2) is 17.4. The highest BCUT2D eigenvalue weighted by molar-refractivity contribution is 7.87. The number of alkyl halides is 3. The fraction of sp³-hybridized carbons (Fsp3) is 0.156. The molecule has 3 heterocycles. The number of carboxylic acid groups (broad SMARTS) is 1. The summed E-state index contributed by atoms with van der Waals surface area (Å²) in [5.74, 6) is -7.94. The first-order valence-electron chi connectivity index (χ1n) is 19.5. The summed E-state index contributed by atoms with van der Waals surface area (Å²) in [6, 6.07) is 40.9. The molecule has 0 spiro atoms. The lowest BCUT2D eigenvalue weighted by atomic mass is 9.71. The van der Waals surface area contributed by atoms with Crippen molar-refractivity contribution in [2.24, 2.45) is 11.1 Å². The van der Waals surface area contributed by atoms with Crippen molar-refractivity contribution in [1.82, 2.24) is 19.6 Å². The van der Waals surface area contributed by atoms with Crippen LogP contribution in [-0.4, -0.2) is 68.9 Å². The number of hydrogen-bond acceptors (Lipinski definition) is 12. The number of hydrogen-bond donors (Lipinski definition) is 3. The van der Waals surface area contributed by atoms with Crippen molar-refractivity contribution >= 4 is 50.3 Å². The van der Waals surface area contributed by atoms with E-state index in [1.807, 2.05) is 54.6 Å². The number of nitrogen functional groups attached to an aromatic ring is 1. The summed E-state index contributed by atoms with van der Waals surface area (Å²) in [6.45, 7) is 0. The van der Waals surface area contributed by atoms with Gasteiger partial charge in [0.05, 0.1) is 6.04 Å². The number of carbonyl (C=O) groups excluding carboxylic acids is 2. The molecule has 2 amide bonds. The molecule has 1 fully saturated rings. The zero-order valence-corrected chi connectivity index (χ0v) is 34.7. The summed E-state index contributed by atoms with van der Waals surface area (Å²) < 4.78 is 76.1. The molecule has 0 bridgehead atoms. The standard InChI is InChI=1S/C45H35F3N6O8S2/c46-45(47,48)64(59,60)61-38-32(34(27-16-6-1-7-17-27)28-18-8-2-9-19-28)26-33-35(41(56)54(33)37(38)42(57)58)50-40(55)36(39-51-43(49)63-53-39)52-62-44(29-20-10-3-11-21-29,30-22-12-4-13-23-30)31-24-14-5-15-25-31/h1-25,32-35H,26H2,(H,50,55)(H,57,58)(H2,49,51,53)/t32?,33-,35+/m1/s1. The van der Waals surface area contributed by atoms with Gasteiger partial charge in [0, 0.05) is 40.1 Å². The van der Waals surface area contributed by atoms with Gasteiger partial charge in [-0.25, -0.2) is 4.79 Å². The number of halogens is 3. The van der Waals surface area contributed by atoms with Gasteiger partial charge in [0.25, 0.3) is 11.8 Å². The Morgan fingerprint density at radius 1 is 0.812 bits per heavy atom. The normalized spacial score (nSPS) is 17.9. The third-order valence-electron chi connectivity index (χ3n) is 10.9. The van der Waals surface area contributed by atoms with Gasteiger partial charge in [-0.3, -0.25) is 14.5 Å². The van der Waals surface area contributed by atoms with E-state index in [-0.39, 0.29) is 17.4 Å². The van der Waals surface area contributed by atoms with Gasteiger partial charge in [0.1, 0.15) is 6.04 Å². The van der Waals surface area contributed by atoms with E-state index in [1.54, 1.807) is 97.1 Å². The molecule has 14 nitrogen and oxygen atoms in total. The molecule has 64 heavy (non-hydrogen) atoms. The highest BCUT2D eigenvalue weighted by Crippen LogP contribution is 2.49. The maximum Gasteiger partial charge on any atom is 0.534 e.